The highest BCUT2D eigenvalue weighted by atomic mass is 35.5. The second-order valence-corrected chi connectivity index (χ2v) is 6.13. The van der Waals surface area contributed by atoms with E-state index >= 15 is 0 Å². The van der Waals surface area contributed by atoms with Gasteiger partial charge in [-0.3, -0.25) is 4.57 Å². The summed E-state index contributed by atoms with van der Waals surface area (Å²) in [5.74, 6) is 2.29. The summed E-state index contributed by atoms with van der Waals surface area (Å²) < 4.78 is 2.15. The lowest BCUT2D eigenvalue weighted by Crippen LogP contribution is -2.29. The molecular formula is C16H20ClN3. The molecular weight excluding hydrogens is 270 g/mol. The van der Waals surface area contributed by atoms with Crippen LogP contribution in [0.4, 0.5) is 0 Å². The summed E-state index contributed by atoms with van der Waals surface area (Å²) in [5.41, 5.74) is 1.22. The zero-order valence-electron chi connectivity index (χ0n) is 11.8. The molecule has 1 aliphatic rings. The Bertz CT molecular complexity index is 571. The van der Waals surface area contributed by atoms with Crippen molar-refractivity contribution >= 4 is 11.6 Å². The number of alkyl halides is 1. The monoisotopic (exact) mass is 289 g/mol. The Morgan fingerprint density at radius 3 is 2.45 bits per heavy atom. The number of para-hydroxylation sites is 1. The molecule has 1 aromatic heterocycles. The molecule has 3 rings (SSSR count). The summed E-state index contributed by atoms with van der Waals surface area (Å²) in [6.45, 7) is 2.31. The maximum atomic E-state index is 6.06. The van der Waals surface area contributed by atoms with E-state index in [-0.39, 0.29) is 5.41 Å². The Labute approximate surface area is 125 Å². The second-order valence-electron chi connectivity index (χ2n) is 5.87. The molecule has 0 bridgehead atoms. The molecule has 1 aliphatic carbocycles. The van der Waals surface area contributed by atoms with Crippen molar-refractivity contribution < 1.29 is 0 Å². The molecule has 0 N–H and O–H groups in total. The molecule has 4 heteroatoms. The van der Waals surface area contributed by atoms with Crippen molar-refractivity contribution in [2.75, 3.05) is 0 Å². The van der Waals surface area contributed by atoms with Crippen LogP contribution in [0.2, 0.25) is 0 Å². The highest BCUT2D eigenvalue weighted by molar-refractivity contribution is 6.16. The predicted molar refractivity (Wildman–Crippen MR) is 81.4 cm³/mol. The van der Waals surface area contributed by atoms with Gasteiger partial charge in [0.1, 0.15) is 5.82 Å². The predicted octanol–water partition coefficient (Wildman–Crippen LogP) is 4.23. The molecule has 1 heterocycles. The quantitative estimate of drug-likeness (QED) is 0.792. The molecule has 0 saturated heterocycles. The van der Waals surface area contributed by atoms with E-state index < -0.39 is 0 Å². The van der Waals surface area contributed by atoms with Gasteiger partial charge in [-0.25, -0.2) is 0 Å². The van der Waals surface area contributed by atoms with Gasteiger partial charge in [-0.2, -0.15) is 0 Å². The van der Waals surface area contributed by atoms with Crippen molar-refractivity contribution in [3.05, 3.63) is 42.0 Å². The van der Waals surface area contributed by atoms with Crippen LogP contribution in [-0.4, -0.2) is 14.8 Å². The number of aromatic nitrogens is 3. The van der Waals surface area contributed by atoms with Crippen LogP contribution >= 0.6 is 11.6 Å². The number of hydrogen-bond donors (Lipinski definition) is 0. The van der Waals surface area contributed by atoms with Crippen LogP contribution in [0.5, 0.6) is 0 Å². The molecule has 0 radical (unpaired) electrons. The summed E-state index contributed by atoms with van der Waals surface area (Å²) in [5, 5.41) is 8.80. The summed E-state index contributed by atoms with van der Waals surface area (Å²) in [6.07, 6.45) is 6.24. The normalized spacial score (nSPS) is 18.1. The first-order chi connectivity index (χ1) is 9.74. The van der Waals surface area contributed by atoms with E-state index in [0.29, 0.717) is 5.88 Å². The summed E-state index contributed by atoms with van der Waals surface area (Å²) in [6, 6.07) is 10.3. The highest BCUT2D eigenvalue weighted by Crippen LogP contribution is 2.39. The molecule has 1 aromatic carbocycles. The lowest BCUT2D eigenvalue weighted by Gasteiger charge is -2.33. The molecule has 0 unspecified atom stereocenters. The Morgan fingerprint density at radius 2 is 1.80 bits per heavy atom. The van der Waals surface area contributed by atoms with Crippen molar-refractivity contribution in [2.24, 2.45) is 0 Å². The summed E-state index contributed by atoms with van der Waals surface area (Å²) in [7, 11) is 0. The smallest absolute Gasteiger partial charge is 0.152 e. The first-order valence-electron chi connectivity index (χ1n) is 7.31. The SMILES string of the molecule is CC1(c2nnc(CCl)n2-c2ccccc2)CCCCC1. The molecule has 106 valence electrons. The van der Waals surface area contributed by atoms with Crippen LogP contribution < -0.4 is 0 Å². The molecule has 0 amide bonds. The Morgan fingerprint density at radius 1 is 1.10 bits per heavy atom. The van der Waals surface area contributed by atoms with Gasteiger partial charge >= 0.3 is 0 Å². The van der Waals surface area contributed by atoms with Gasteiger partial charge in [-0.1, -0.05) is 44.4 Å². The average Bonchev–Trinajstić information content (AvgIpc) is 2.93. The van der Waals surface area contributed by atoms with Crippen molar-refractivity contribution in [2.45, 2.75) is 50.3 Å². The third-order valence-corrected chi connectivity index (χ3v) is 4.60. The van der Waals surface area contributed by atoms with Crippen LogP contribution in [0.25, 0.3) is 5.69 Å². The Hall–Kier alpha value is -1.35. The van der Waals surface area contributed by atoms with Gasteiger partial charge in [0.15, 0.2) is 5.82 Å². The average molecular weight is 290 g/mol. The van der Waals surface area contributed by atoms with Gasteiger partial charge in [0.05, 0.1) is 5.88 Å². The fraction of sp³-hybridized carbons (Fsp3) is 0.500. The van der Waals surface area contributed by atoms with Crippen LogP contribution in [0, 0.1) is 0 Å². The lowest BCUT2D eigenvalue weighted by molar-refractivity contribution is 0.300. The zero-order chi connectivity index (χ0) is 14.0. The van der Waals surface area contributed by atoms with E-state index in [1.165, 1.54) is 32.1 Å². The lowest BCUT2D eigenvalue weighted by atomic mass is 9.75. The van der Waals surface area contributed by atoms with E-state index in [1.807, 2.05) is 18.2 Å². The third kappa shape index (κ3) is 2.35. The number of halogens is 1. The van der Waals surface area contributed by atoms with Crippen LogP contribution in [-0.2, 0) is 11.3 Å². The molecule has 20 heavy (non-hydrogen) atoms. The topological polar surface area (TPSA) is 30.7 Å². The van der Waals surface area contributed by atoms with Crippen LogP contribution in [0.15, 0.2) is 30.3 Å². The van der Waals surface area contributed by atoms with Gasteiger partial charge < -0.3 is 0 Å². The van der Waals surface area contributed by atoms with E-state index in [0.717, 1.165) is 17.3 Å². The Balaban J connectivity index is 2.10. The van der Waals surface area contributed by atoms with Gasteiger partial charge in [0.2, 0.25) is 0 Å². The van der Waals surface area contributed by atoms with E-state index in [2.05, 4.69) is 33.8 Å². The fourth-order valence-corrected chi connectivity index (χ4v) is 3.37. The zero-order valence-corrected chi connectivity index (χ0v) is 12.6. The van der Waals surface area contributed by atoms with E-state index in [9.17, 15) is 0 Å². The maximum Gasteiger partial charge on any atom is 0.152 e. The van der Waals surface area contributed by atoms with Gasteiger partial charge in [0.25, 0.3) is 0 Å². The molecule has 3 nitrogen and oxygen atoms in total. The minimum atomic E-state index is 0.116. The molecule has 1 saturated carbocycles. The molecule has 2 aromatic rings. The largest absolute Gasteiger partial charge is 0.282 e. The number of hydrogen-bond acceptors (Lipinski definition) is 2. The minimum Gasteiger partial charge on any atom is -0.282 e. The first kappa shape index (κ1) is 13.6. The molecule has 0 spiro atoms. The van der Waals surface area contributed by atoms with Crippen LogP contribution in [0.3, 0.4) is 0 Å². The van der Waals surface area contributed by atoms with Gasteiger partial charge in [0, 0.05) is 11.1 Å². The number of rotatable bonds is 3. The second kappa shape index (κ2) is 5.57. The van der Waals surface area contributed by atoms with E-state index in [1.54, 1.807) is 0 Å². The van der Waals surface area contributed by atoms with Crippen LogP contribution in [0.1, 0.15) is 50.7 Å². The molecule has 0 atom stereocenters. The highest BCUT2D eigenvalue weighted by Gasteiger charge is 2.34. The Kier molecular flexibility index (Phi) is 3.79. The first-order valence-corrected chi connectivity index (χ1v) is 7.84. The van der Waals surface area contributed by atoms with Gasteiger partial charge in [-0.15, -0.1) is 21.8 Å². The molecule has 1 fully saturated rings. The fourth-order valence-electron chi connectivity index (χ4n) is 3.20. The number of benzene rings is 1. The van der Waals surface area contributed by atoms with E-state index in [4.69, 9.17) is 11.6 Å². The third-order valence-electron chi connectivity index (χ3n) is 4.36. The molecule has 0 aliphatic heterocycles. The standard InChI is InChI=1S/C16H20ClN3/c1-16(10-6-3-7-11-16)15-19-18-14(12-17)20(15)13-8-4-2-5-9-13/h2,4-5,8-9H,3,6-7,10-12H2,1H3. The maximum absolute atomic E-state index is 6.06. The summed E-state index contributed by atoms with van der Waals surface area (Å²) >= 11 is 6.06. The van der Waals surface area contributed by atoms with Crippen molar-refractivity contribution in [3.63, 3.8) is 0 Å². The minimum absolute atomic E-state index is 0.116. The van der Waals surface area contributed by atoms with Crippen molar-refractivity contribution in [1.29, 1.82) is 0 Å². The number of nitrogens with zero attached hydrogens (tertiary/aromatic N) is 3. The van der Waals surface area contributed by atoms with Crippen molar-refractivity contribution in [1.82, 2.24) is 14.8 Å². The summed E-state index contributed by atoms with van der Waals surface area (Å²) in [4.78, 5) is 0. The van der Waals surface area contributed by atoms with Crippen molar-refractivity contribution in [3.8, 4) is 5.69 Å². The van der Waals surface area contributed by atoms with Gasteiger partial charge in [-0.05, 0) is 25.0 Å².